The van der Waals surface area contributed by atoms with Crippen LogP contribution in [0.25, 0.3) is 0 Å². The number of aliphatic carboxylic acids is 1. The lowest BCUT2D eigenvalue weighted by molar-refractivity contribution is -0.136. The van der Waals surface area contributed by atoms with Gasteiger partial charge in [-0.25, -0.2) is 4.79 Å². The number of hydrogen-bond donors (Lipinski definition) is 3. The van der Waals surface area contributed by atoms with Gasteiger partial charge in [0.05, 0.1) is 6.42 Å². The first kappa shape index (κ1) is 12.8. The lowest BCUT2D eigenvalue weighted by Gasteiger charge is -2.17. The molecule has 0 atom stereocenters. The Morgan fingerprint density at radius 3 is 2.71 bits per heavy atom. The van der Waals surface area contributed by atoms with Gasteiger partial charge in [-0.05, 0) is 12.1 Å². The van der Waals surface area contributed by atoms with Crippen molar-refractivity contribution < 1.29 is 19.8 Å². The average molecular weight is 238 g/mol. The Bertz CT molecular complexity index is 420. The maximum absolute atomic E-state index is 11.6. The van der Waals surface area contributed by atoms with Gasteiger partial charge in [0.25, 0.3) is 0 Å². The molecule has 6 heteroatoms. The molecule has 0 aromatic heterocycles. The molecule has 0 aliphatic carbocycles. The van der Waals surface area contributed by atoms with E-state index in [4.69, 9.17) is 5.11 Å². The SMILES string of the molecule is CN(C(=O)NCCC(=O)O)c1cccc(O)c1. The quantitative estimate of drug-likeness (QED) is 0.730. The van der Waals surface area contributed by atoms with Crippen LogP contribution >= 0.6 is 0 Å². The predicted octanol–water partition coefficient (Wildman–Crippen LogP) is 1.01. The van der Waals surface area contributed by atoms with E-state index in [9.17, 15) is 14.7 Å². The Morgan fingerprint density at radius 1 is 1.41 bits per heavy atom. The number of carbonyl (C=O) groups is 2. The molecule has 0 radical (unpaired) electrons. The number of benzene rings is 1. The fourth-order valence-electron chi connectivity index (χ4n) is 1.21. The van der Waals surface area contributed by atoms with Crippen LogP contribution in [0.15, 0.2) is 24.3 Å². The molecule has 92 valence electrons. The number of phenols is 1. The number of nitrogens with zero attached hydrogens (tertiary/aromatic N) is 1. The highest BCUT2D eigenvalue weighted by Gasteiger charge is 2.10. The molecule has 1 aromatic rings. The first-order valence-corrected chi connectivity index (χ1v) is 5.03. The number of carboxylic acids is 1. The van der Waals surface area contributed by atoms with Crippen molar-refractivity contribution in [1.29, 1.82) is 0 Å². The van der Waals surface area contributed by atoms with Gasteiger partial charge in [0.1, 0.15) is 5.75 Å². The topological polar surface area (TPSA) is 89.9 Å². The first-order chi connectivity index (χ1) is 8.00. The molecule has 0 heterocycles. The molecule has 1 rings (SSSR count). The van der Waals surface area contributed by atoms with Crippen molar-refractivity contribution in [2.45, 2.75) is 6.42 Å². The fraction of sp³-hybridized carbons (Fsp3) is 0.273. The third kappa shape index (κ3) is 4.02. The van der Waals surface area contributed by atoms with Crippen molar-refractivity contribution >= 4 is 17.7 Å². The van der Waals surface area contributed by atoms with Gasteiger partial charge in [-0.2, -0.15) is 0 Å². The number of urea groups is 1. The zero-order valence-electron chi connectivity index (χ0n) is 9.38. The summed E-state index contributed by atoms with van der Waals surface area (Å²) < 4.78 is 0. The molecular weight excluding hydrogens is 224 g/mol. The third-order valence-electron chi connectivity index (χ3n) is 2.14. The molecular formula is C11H14N2O4. The van der Waals surface area contributed by atoms with E-state index in [-0.39, 0.29) is 18.7 Å². The summed E-state index contributed by atoms with van der Waals surface area (Å²) in [7, 11) is 1.53. The zero-order chi connectivity index (χ0) is 12.8. The summed E-state index contributed by atoms with van der Waals surface area (Å²) in [6.07, 6.45) is -0.125. The summed E-state index contributed by atoms with van der Waals surface area (Å²) in [5.74, 6) is -0.905. The van der Waals surface area contributed by atoms with E-state index in [1.165, 1.54) is 24.1 Å². The smallest absolute Gasteiger partial charge is 0.321 e. The predicted molar refractivity (Wildman–Crippen MR) is 62.2 cm³/mol. The van der Waals surface area contributed by atoms with Crippen LogP contribution in [-0.4, -0.2) is 35.8 Å². The molecule has 17 heavy (non-hydrogen) atoms. The van der Waals surface area contributed by atoms with E-state index in [1.807, 2.05) is 0 Å². The second kappa shape index (κ2) is 5.74. The number of rotatable bonds is 4. The van der Waals surface area contributed by atoms with Gasteiger partial charge in [0.15, 0.2) is 0 Å². The Morgan fingerprint density at radius 2 is 2.12 bits per heavy atom. The van der Waals surface area contributed by atoms with Gasteiger partial charge < -0.3 is 15.5 Å². The number of hydrogen-bond acceptors (Lipinski definition) is 3. The lowest BCUT2D eigenvalue weighted by Crippen LogP contribution is -2.38. The summed E-state index contributed by atoms with van der Waals surface area (Å²) in [6, 6.07) is 5.80. The van der Waals surface area contributed by atoms with Crippen LogP contribution in [0, 0.1) is 0 Å². The van der Waals surface area contributed by atoms with E-state index in [0.717, 1.165) is 0 Å². The summed E-state index contributed by atoms with van der Waals surface area (Å²) in [5.41, 5.74) is 0.526. The van der Waals surface area contributed by atoms with Crippen LogP contribution in [-0.2, 0) is 4.79 Å². The van der Waals surface area contributed by atoms with Gasteiger partial charge in [-0.1, -0.05) is 6.07 Å². The van der Waals surface area contributed by atoms with Gasteiger partial charge in [-0.15, -0.1) is 0 Å². The minimum atomic E-state index is -0.967. The normalized spacial score (nSPS) is 9.71. The number of carboxylic acid groups (broad SMARTS) is 1. The van der Waals surface area contributed by atoms with E-state index in [0.29, 0.717) is 5.69 Å². The maximum Gasteiger partial charge on any atom is 0.321 e. The molecule has 0 bridgehead atoms. The molecule has 0 saturated heterocycles. The van der Waals surface area contributed by atoms with Crippen molar-refractivity contribution in [3.05, 3.63) is 24.3 Å². The van der Waals surface area contributed by atoms with Crippen molar-refractivity contribution in [3.8, 4) is 5.75 Å². The van der Waals surface area contributed by atoms with E-state index < -0.39 is 12.0 Å². The van der Waals surface area contributed by atoms with E-state index >= 15 is 0 Å². The summed E-state index contributed by atoms with van der Waals surface area (Å²) >= 11 is 0. The number of phenolic OH excluding ortho intramolecular Hbond substituents is 1. The van der Waals surface area contributed by atoms with Crippen molar-refractivity contribution in [1.82, 2.24) is 5.32 Å². The Hall–Kier alpha value is -2.24. The molecule has 3 N–H and O–H groups in total. The average Bonchev–Trinajstić information content (AvgIpc) is 2.27. The first-order valence-electron chi connectivity index (χ1n) is 5.03. The summed E-state index contributed by atoms with van der Waals surface area (Å²) in [6.45, 7) is 0.0668. The lowest BCUT2D eigenvalue weighted by atomic mass is 10.3. The van der Waals surface area contributed by atoms with Gasteiger partial charge in [0.2, 0.25) is 0 Å². The fourth-order valence-corrected chi connectivity index (χ4v) is 1.21. The molecule has 0 aliphatic heterocycles. The second-order valence-corrected chi connectivity index (χ2v) is 3.45. The summed E-state index contributed by atoms with van der Waals surface area (Å²) in [5, 5.41) is 20.1. The largest absolute Gasteiger partial charge is 0.508 e. The Labute approximate surface area is 98.5 Å². The maximum atomic E-state index is 11.6. The van der Waals surface area contributed by atoms with Crippen LogP contribution in [0.4, 0.5) is 10.5 Å². The summed E-state index contributed by atoms with van der Waals surface area (Å²) in [4.78, 5) is 23.1. The molecule has 1 aromatic carbocycles. The zero-order valence-corrected chi connectivity index (χ0v) is 9.38. The molecule has 0 unspecified atom stereocenters. The molecule has 6 nitrogen and oxygen atoms in total. The third-order valence-corrected chi connectivity index (χ3v) is 2.14. The Kier molecular flexibility index (Phi) is 4.33. The van der Waals surface area contributed by atoms with E-state index in [1.54, 1.807) is 12.1 Å². The number of amides is 2. The van der Waals surface area contributed by atoms with Crippen LogP contribution in [0.5, 0.6) is 5.75 Å². The molecule has 0 aliphatic rings. The molecule has 2 amide bonds. The second-order valence-electron chi connectivity index (χ2n) is 3.45. The highest BCUT2D eigenvalue weighted by Crippen LogP contribution is 2.18. The number of aromatic hydroxyl groups is 1. The minimum Gasteiger partial charge on any atom is -0.508 e. The number of anilines is 1. The standard InChI is InChI=1S/C11H14N2O4/c1-13(8-3-2-4-9(14)7-8)11(17)12-6-5-10(15)16/h2-4,7,14H,5-6H2,1H3,(H,12,17)(H,15,16). The molecule has 0 fully saturated rings. The Balaban J connectivity index is 2.54. The van der Waals surface area contributed by atoms with Crippen LogP contribution in [0.2, 0.25) is 0 Å². The van der Waals surface area contributed by atoms with Crippen molar-refractivity contribution in [2.24, 2.45) is 0 Å². The van der Waals surface area contributed by atoms with Gasteiger partial charge >= 0.3 is 12.0 Å². The van der Waals surface area contributed by atoms with Crippen molar-refractivity contribution in [3.63, 3.8) is 0 Å². The highest BCUT2D eigenvalue weighted by molar-refractivity contribution is 5.91. The number of carbonyl (C=O) groups excluding carboxylic acids is 1. The van der Waals surface area contributed by atoms with E-state index in [2.05, 4.69) is 5.32 Å². The van der Waals surface area contributed by atoms with Gasteiger partial charge in [-0.3, -0.25) is 9.69 Å². The monoisotopic (exact) mass is 238 g/mol. The van der Waals surface area contributed by atoms with Crippen LogP contribution in [0.3, 0.4) is 0 Å². The minimum absolute atomic E-state index is 0.0627. The van der Waals surface area contributed by atoms with Gasteiger partial charge in [0, 0.05) is 25.3 Å². The molecule has 0 spiro atoms. The van der Waals surface area contributed by atoms with Crippen molar-refractivity contribution in [2.75, 3.05) is 18.5 Å². The molecule has 0 saturated carbocycles. The number of nitrogens with one attached hydrogen (secondary N) is 1. The highest BCUT2D eigenvalue weighted by atomic mass is 16.4. The van der Waals surface area contributed by atoms with Crippen LogP contribution < -0.4 is 10.2 Å². The van der Waals surface area contributed by atoms with Crippen LogP contribution in [0.1, 0.15) is 6.42 Å².